The lowest BCUT2D eigenvalue weighted by molar-refractivity contribution is 0.415. The van der Waals surface area contributed by atoms with Gasteiger partial charge in [0.15, 0.2) is 5.15 Å². The van der Waals surface area contributed by atoms with Crippen molar-refractivity contribution >= 4 is 22.4 Å². The quantitative estimate of drug-likeness (QED) is 0.784. The van der Waals surface area contributed by atoms with Crippen LogP contribution in [-0.4, -0.2) is 17.3 Å². The van der Waals surface area contributed by atoms with E-state index < -0.39 is 0 Å². The number of fused-ring (bicyclic) bond motifs is 1. The fourth-order valence-corrected chi connectivity index (χ4v) is 1.74. The Morgan fingerprint density at radius 3 is 2.73 bits per heavy atom. The van der Waals surface area contributed by atoms with Gasteiger partial charge in [-0.05, 0) is 24.6 Å². The Bertz CT molecular complexity index is 499. The van der Waals surface area contributed by atoms with E-state index in [4.69, 9.17) is 16.3 Å². The van der Waals surface area contributed by atoms with Crippen molar-refractivity contribution in [1.29, 1.82) is 0 Å². The largest absolute Gasteiger partial charge is 0.497 e. The minimum atomic E-state index is 0.418. The Labute approximate surface area is 93.0 Å². The highest BCUT2D eigenvalue weighted by molar-refractivity contribution is 6.34. The fourth-order valence-electron chi connectivity index (χ4n) is 1.55. The molecule has 0 aliphatic rings. The van der Waals surface area contributed by atoms with Crippen LogP contribution in [0.1, 0.15) is 12.6 Å². The summed E-state index contributed by atoms with van der Waals surface area (Å²) in [6.07, 6.45) is 0.840. The van der Waals surface area contributed by atoms with E-state index in [2.05, 4.69) is 10.2 Å². The summed E-state index contributed by atoms with van der Waals surface area (Å²) in [6, 6.07) is 5.75. The summed E-state index contributed by atoms with van der Waals surface area (Å²) < 4.78 is 5.14. The van der Waals surface area contributed by atoms with Crippen molar-refractivity contribution in [3.63, 3.8) is 0 Å². The van der Waals surface area contributed by atoms with Crippen LogP contribution in [0, 0.1) is 0 Å². The second-order valence-corrected chi connectivity index (χ2v) is 3.56. The number of halogens is 1. The summed E-state index contributed by atoms with van der Waals surface area (Å²) in [5.41, 5.74) is 0.956. The van der Waals surface area contributed by atoms with Crippen molar-refractivity contribution in [3.8, 4) is 5.75 Å². The first kappa shape index (κ1) is 10.2. The van der Waals surface area contributed by atoms with Gasteiger partial charge >= 0.3 is 0 Å². The minimum Gasteiger partial charge on any atom is -0.497 e. The molecule has 2 rings (SSSR count). The predicted molar refractivity (Wildman–Crippen MR) is 60.5 cm³/mol. The summed E-state index contributed by atoms with van der Waals surface area (Å²) in [5, 5.41) is 10.3. The van der Waals surface area contributed by atoms with E-state index in [-0.39, 0.29) is 0 Å². The molecule has 0 saturated carbocycles. The van der Waals surface area contributed by atoms with Gasteiger partial charge in [0.2, 0.25) is 0 Å². The van der Waals surface area contributed by atoms with E-state index in [0.29, 0.717) is 5.15 Å². The van der Waals surface area contributed by atoms with Gasteiger partial charge in [-0.15, -0.1) is 5.10 Å². The van der Waals surface area contributed by atoms with Crippen molar-refractivity contribution in [2.75, 3.05) is 7.11 Å². The van der Waals surface area contributed by atoms with Crippen LogP contribution in [0.25, 0.3) is 10.8 Å². The summed E-state index contributed by atoms with van der Waals surface area (Å²) in [5.74, 6) is 0.777. The van der Waals surface area contributed by atoms with Gasteiger partial charge in [0, 0.05) is 10.8 Å². The first-order valence-corrected chi connectivity index (χ1v) is 5.13. The van der Waals surface area contributed by atoms with Gasteiger partial charge in [-0.1, -0.05) is 18.5 Å². The monoisotopic (exact) mass is 222 g/mol. The van der Waals surface area contributed by atoms with Crippen molar-refractivity contribution in [1.82, 2.24) is 10.2 Å². The topological polar surface area (TPSA) is 35.0 Å². The van der Waals surface area contributed by atoms with E-state index in [9.17, 15) is 0 Å². The third kappa shape index (κ3) is 1.75. The minimum absolute atomic E-state index is 0.418. The molecule has 15 heavy (non-hydrogen) atoms. The lowest BCUT2D eigenvalue weighted by Gasteiger charge is -2.06. The normalized spacial score (nSPS) is 10.6. The SMILES string of the molecule is CCc1nnc(Cl)c2cc(OC)ccc12. The molecule has 0 aliphatic heterocycles. The molecule has 4 heteroatoms. The molecule has 0 fully saturated rings. The van der Waals surface area contributed by atoms with Crippen LogP contribution in [0.2, 0.25) is 5.15 Å². The van der Waals surface area contributed by atoms with Crippen LogP contribution < -0.4 is 4.74 Å². The predicted octanol–water partition coefficient (Wildman–Crippen LogP) is 2.85. The average Bonchev–Trinajstić information content (AvgIpc) is 2.29. The summed E-state index contributed by atoms with van der Waals surface area (Å²) in [7, 11) is 1.63. The van der Waals surface area contributed by atoms with Crippen LogP contribution in [0.4, 0.5) is 0 Å². The highest BCUT2D eigenvalue weighted by Gasteiger charge is 2.07. The number of rotatable bonds is 2. The molecule has 1 aromatic carbocycles. The van der Waals surface area contributed by atoms with Crippen LogP contribution in [0.15, 0.2) is 18.2 Å². The first-order valence-electron chi connectivity index (χ1n) is 4.75. The molecule has 0 spiro atoms. The van der Waals surface area contributed by atoms with Crippen molar-refractivity contribution in [3.05, 3.63) is 29.0 Å². The zero-order chi connectivity index (χ0) is 10.8. The Hall–Kier alpha value is -1.35. The Kier molecular flexibility index (Phi) is 2.73. The number of aryl methyl sites for hydroxylation is 1. The maximum Gasteiger partial charge on any atom is 0.159 e. The zero-order valence-corrected chi connectivity index (χ0v) is 9.38. The standard InChI is InChI=1S/C11H11ClN2O/c1-3-10-8-5-4-7(15-2)6-9(8)11(12)14-13-10/h4-6H,3H2,1-2H3. The second-order valence-electron chi connectivity index (χ2n) is 3.20. The van der Waals surface area contributed by atoms with Crippen molar-refractivity contribution in [2.45, 2.75) is 13.3 Å². The van der Waals surface area contributed by atoms with Gasteiger partial charge in [-0.2, -0.15) is 5.10 Å². The zero-order valence-electron chi connectivity index (χ0n) is 8.62. The average molecular weight is 223 g/mol. The van der Waals surface area contributed by atoms with E-state index in [1.54, 1.807) is 7.11 Å². The molecule has 0 aliphatic carbocycles. The Balaban J connectivity index is 2.75. The Morgan fingerprint density at radius 1 is 1.27 bits per heavy atom. The maximum atomic E-state index is 5.99. The number of aromatic nitrogens is 2. The number of methoxy groups -OCH3 is 1. The number of nitrogens with zero attached hydrogens (tertiary/aromatic N) is 2. The second kappa shape index (κ2) is 4.03. The molecule has 0 atom stereocenters. The number of ether oxygens (including phenoxy) is 1. The van der Waals surface area contributed by atoms with Gasteiger partial charge in [0.1, 0.15) is 5.75 Å². The van der Waals surface area contributed by atoms with E-state index in [1.165, 1.54) is 0 Å². The highest BCUT2D eigenvalue weighted by Crippen LogP contribution is 2.27. The van der Waals surface area contributed by atoms with Gasteiger partial charge in [0.25, 0.3) is 0 Å². The number of hydrogen-bond donors (Lipinski definition) is 0. The summed E-state index contributed by atoms with van der Waals surface area (Å²) in [6.45, 7) is 2.04. The Morgan fingerprint density at radius 2 is 2.07 bits per heavy atom. The van der Waals surface area contributed by atoms with Gasteiger partial charge in [-0.25, -0.2) is 0 Å². The maximum absolute atomic E-state index is 5.99. The molecule has 1 aromatic heterocycles. The smallest absolute Gasteiger partial charge is 0.159 e. The highest BCUT2D eigenvalue weighted by atomic mass is 35.5. The molecule has 0 radical (unpaired) electrons. The summed E-state index contributed by atoms with van der Waals surface area (Å²) in [4.78, 5) is 0. The molecule has 0 amide bonds. The van der Waals surface area contributed by atoms with Crippen LogP contribution in [0.5, 0.6) is 5.75 Å². The van der Waals surface area contributed by atoms with E-state index in [1.807, 2.05) is 25.1 Å². The molecule has 0 bridgehead atoms. The van der Waals surface area contributed by atoms with Crippen molar-refractivity contribution in [2.24, 2.45) is 0 Å². The van der Waals surface area contributed by atoms with E-state index in [0.717, 1.165) is 28.6 Å². The molecule has 0 unspecified atom stereocenters. The molecule has 3 nitrogen and oxygen atoms in total. The molecule has 0 N–H and O–H groups in total. The molecule has 0 saturated heterocycles. The van der Waals surface area contributed by atoms with Crippen LogP contribution in [0.3, 0.4) is 0 Å². The van der Waals surface area contributed by atoms with E-state index >= 15 is 0 Å². The number of benzene rings is 1. The van der Waals surface area contributed by atoms with Gasteiger partial charge in [-0.3, -0.25) is 0 Å². The lowest BCUT2D eigenvalue weighted by Crippen LogP contribution is -1.94. The number of hydrogen-bond acceptors (Lipinski definition) is 3. The molecule has 78 valence electrons. The lowest BCUT2D eigenvalue weighted by atomic mass is 10.1. The van der Waals surface area contributed by atoms with Gasteiger partial charge in [0.05, 0.1) is 12.8 Å². The molecular weight excluding hydrogens is 212 g/mol. The van der Waals surface area contributed by atoms with Crippen molar-refractivity contribution < 1.29 is 4.74 Å². The first-order chi connectivity index (χ1) is 7.26. The van der Waals surface area contributed by atoms with Gasteiger partial charge < -0.3 is 4.74 Å². The van der Waals surface area contributed by atoms with Crippen LogP contribution in [-0.2, 0) is 6.42 Å². The third-order valence-corrected chi connectivity index (χ3v) is 2.63. The fraction of sp³-hybridized carbons (Fsp3) is 0.273. The molecular formula is C11H11ClN2O. The third-order valence-electron chi connectivity index (χ3n) is 2.35. The molecule has 1 heterocycles. The molecule has 2 aromatic rings. The van der Waals surface area contributed by atoms with Crippen LogP contribution >= 0.6 is 11.6 Å². The summed E-state index contributed by atoms with van der Waals surface area (Å²) >= 11 is 5.99.